The number of rotatable bonds is 9. The first kappa shape index (κ1) is 12.9. The minimum absolute atomic E-state index is 0.0246. The first-order chi connectivity index (χ1) is 6.31. The first-order valence-electron chi connectivity index (χ1n) is 5.54. The third-order valence-corrected chi connectivity index (χ3v) is 1.95. The molecule has 0 bridgehead atoms. The van der Waals surface area contributed by atoms with E-state index in [1.807, 2.05) is 6.92 Å². The van der Waals surface area contributed by atoms with Gasteiger partial charge in [0.05, 0.1) is 0 Å². The third kappa shape index (κ3) is 9.84. The lowest BCUT2D eigenvalue weighted by atomic mass is 10.3. The zero-order valence-corrected chi connectivity index (χ0v) is 9.34. The predicted octanol–water partition coefficient (Wildman–Crippen LogP) is 3.36. The van der Waals surface area contributed by atoms with Crippen LogP contribution in [0.25, 0.3) is 0 Å². The summed E-state index contributed by atoms with van der Waals surface area (Å²) < 4.78 is 10.9. The van der Waals surface area contributed by atoms with E-state index in [1.54, 1.807) is 0 Å². The fourth-order valence-electron chi connectivity index (χ4n) is 1.04. The number of ether oxygens (including phenoxy) is 2. The highest BCUT2D eigenvalue weighted by Gasteiger charge is 1.99. The van der Waals surface area contributed by atoms with Crippen LogP contribution in [0.1, 0.15) is 52.9 Å². The molecule has 0 aliphatic heterocycles. The van der Waals surface area contributed by atoms with Crippen molar-refractivity contribution in [2.75, 3.05) is 13.2 Å². The molecule has 0 spiro atoms. The van der Waals surface area contributed by atoms with Crippen molar-refractivity contribution in [2.45, 2.75) is 59.2 Å². The summed E-state index contributed by atoms with van der Waals surface area (Å²) >= 11 is 0. The highest BCUT2D eigenvalue weighted by molar-refractivity contribution is 4.39. The van der Waals surface area contributed by atoms with Crippen LogP contribution in [0.15, 0.2) is 0 Å². The fraction of sp³-hybridized carbons (Fsp3) is 1.00. The zero-order chi connectivity index (χ0) is 9.94. The molecular formula is C11H24O2. The van der Waals surface area contributed by atoms with Gasteiger partial charge in [0.15, 0.2) is 6.29 Å². The van der Waals surface area contributed by atoms with Crippen molar-refractivity contribution >= 4 is 0 Å². The molecule has 0 aromatic carbocycles. The van der Waals surface area contributed by atoms with Crippen LogP contribution in [0.2, 0.25) is 0 Å². The van der Waals surface area contributed by atoms with Crippen molar-refractivity contribution in [2.24, 2.45) is 0 Å². The molecule has 1 unspecified atom stereocenters. The third-order valence-electron chi connectivity index (χ3n) is 1.95. The lowest BCUT2D eigenvalue weighted by Crippen LogP contribution is -2.14. The summed E-state index contributed by atoms with van der Waals surface area (Å²) in [6.45, 7) is 7.99. The highest BCUT2D eigenvalue weighted by Crippen LogP contribution is 2.00. The Labute approximate surface area is 82.6 Å². The molecule has 13 heavy (non-hydrogen) atoms. The molecule has 0 rings (SSSR count). The number of unbranched alkanes of at least 4 members (excludes halogenated alkanes) is 3. The molecular weight excluding hydrogens is 164 g/mol. The Kier molecular flexibility index (Phi) is 9.94. The SMILES string of the molecule is CCCCCOC(C)OCCCC. The fourth-order valence-corrected chi connectivity index (χ4v) is 1.04. The Balaban J connectivity index is 3.05. The molecule has 2 heteroatoms. The first-order valence-corrected chi connectivity index (χ1v) is 5.54. The van der Waals surface area contributed by atoms with Crippen LogP contribution in [-0.4, -0.2) is 19.5 Å². The van der Waals surface area contributed by atoms with Crippen LogP contribution in [0.3, 0.4) is 0 Å². The molecule has 0 fully saturated rings. The summed E-state index contributed by atoms with van der Waals surface area (Å²) in [6, 6.07) is 0. The molecule has 0 heterocycles. The van der Waals surface area contributed by atoms with Crippen LogP contribution in [-0.2, 0) is 9.47 Å². The topological polar surface area (TPSA) is 18.5 Å². The molecule has 0 saturated carbocycles. The summed E-state index contributed by atoms with van der Waals surface area (Å²) in [5, 5.41) is 0. The average Bonchev–Trinajstić information content (AvgIpc) is 2.13. The summed E-state index contributed by atoms with van der Waals surface area (Å²) in [4.78, 5) is 0. The second-order valence-electron chi connectivity index (χ2n) is 3.37. The average molecular weight is 188 g/mol. The van der Waals surface area contributed by atoms with Gasteiger partial charge in [-0.25, -0.2) is 0 Å². The quantitative estimate of drug-likeness (QED) is 0.408. The van der Waals surface area contributed by atoms with E-state index in [4.69, 9.17) is 9.47 Å². The molecule has 1 atom stereocenters. The standard InChI is InChI=1S/C11H24O2/c1-4-6-8-10-13-11(3)12-9-7-5-2/h11H,4-10H2,1-3H3. The zero-order valence-electron chi connectivity index (χ0n) is 9.34. The van der Waals surface area contributed by atoms with Gasteiger partial charge in [0.2, 0.25) is 0 Å². The van der Waals surface area contributed by atoms with E-state index in [9.17, 15) is 0 Å². The Morgan fingerprint density at radius 1 is 0.846 bits per heavy atom. The minimum Gasteiger partial charge on any atom is -0.353 e. The Morgan fingerprint density at radius 3 is 1.92 bits per heavy atom. The van der Waals surface area contributed by atoms with Gasteiger partial charge in [-0.2, -0.15) is 0 Å². The van der Waals surface area contributed by atoms with Gasteiger partial charge < -0.3 is 9.47 Å². The van der Waals surface area contributed by atoms with E-state index in [2.05, 4.69) is 13.8 Å². The molecule has 2 nitrogen and oxygen atoms in total. The molecule has 0 aliphatic carbocycles. The summed E-state index contributed by atoms with van der Waals surface area (Å²) in [7, 11) is 0. The van der Waals surface area contributed by atoms with E-state index < -0.39 is 0 Å². The van der Waals surface area contributed by atoms with Crippen molar-refractivity contribution < 1.29 is 9.47 Å². The van der Waals surface area contributed by atoms with Crippen molar-refractivity contribution in [3.8, 4) is 0 Å². The van der Waals surface area contributed by atoms with Gasteiger partial charge in [-0.15, -0.1) is 0 Å². The molecule has 0 saturated heterocycles. The largest absolute Gasteiger partial charge is 0.353 e. The molecule has 0 radical (unpaired) electrons. The van der Waals surface area contributed by atoms with E-state index in [0.29, 0.717) is 0 Å². The molecule has 0 amide bonds. The molecule has 0 N–H and O–H groups in total. The summed E-state index contributed by atoms with van der Waals surface area (Å²) in [6.07, 6.45) is 5.93. The maximum absolute atomic E-state index is 5.47. The summed E-state index contributed by atoms with van der Waals surface area (Å²) in [5.74, 6) is 0. The summed E-state index contributed by atoms with van der Waals surface area (Å²) in [5.41, 5.74) is 0. The van der Waals surface area contributed by atoms with Gasteiger partial charge in [0.1, 0.15) is 0 Å². The van der Waals surface area contributed by atoms with Crippen LogP contribution in [0, 0.1) is 0 Å². The van der Waals surface area contributed by atoms with E-state index >= 15 is 0 Å². The van der Waals surface area contributed by atoms with E-state index in [-0.39, 0.29) is 6.29 Å². The van der Waals surface area contributed by atoms with Gasteiger partial charge >= 0.3 is 0 Å². The van der Waals surface area contributed by atoms with Gasteiger partial charge in [-0.1, -0.05) is 33.1 Å². The van der Waals surface area contributed by atoms with Crippen LogP contribution < -0.4 is 0 Å². The minimum atomic E-state index is -0.0246. The predicted molar refractivity (Wildman–Crippen MR) is 55.8 cm³/mol. The Bertz CT molecular complexity index is 94.1. The monoisotopic (exact) mass is 188 g/mol. The van der Waals surface area contributed by atoms with Gasteiger partial charge in [-0.3, -0.25) is 0 Å². The lowest BCUT2D eigenvalue weighted by Gasteiger charge is -2.13. The molecule has 0 aromatic heterocycles. The van der Waals surface area contributed by atoms with E-state index in [0.717, 1.165) is 26.1 Å². The smallest absolute Gasteiger partial charge is 0.154 e. The van der Waals surface area contributed by atoms with Crippen molar-refractivity contribution in [3.63, 3.8) is 0 Å². The Hall–Kier alpha value is -0.0800. The second-order valence-corrected chi connectivity index (χ2v) is 3.37. The Morgan fingerprint density at radius 2 is 1.38 bits per heavy atom. The van der Waals surface area contributed by atoms with Crippen LogP contribution in [0.5, 0.6) is 0 Å². The number of hydrogen-bond donors (Lipinski definition) is 0. The van der Waals surface area contributed by atoms with Gasteiger partial charge in [0.25, 0.3) is 0 Å². The molecule has 0 aliphatic rings. The normalized spacial score (nSPS) is 13.2. The molecule has 0 aromatic rings. The van der Waals surface area contributed by atoms with Gasteiger partial charge in [-0.05, 0) is 19.8 Å². The second kappa shape index (κ2) is 10.0. The van der Waals surface area contributed by atoms with Crippen LogP contribution >= 0.6 is 0 Å². The maximum Gasteiger partial charge on any atom is 0.154 e. The highest BCUT2D eigenvalue weighted by atomic mass is 16.7. The van der Waals surface area contributed by atoms with Crippen molar-refractivity contribution in [1.82, 2.24) is 0 Å². The molecule has 80 valence electrons. The van der Waals surface area contributed by atoms with Crippen molar-refractivity contribution in [3.05, 3.63) is 0 Å². The van der Waals surface area contributed by atoms with Crippen LogP contribution in [0.4, 0.5) is 0 Å². The lowest BCUT2D eigenvalue weighted by molar-refractivity contribution is -0.131. The maximum atomic E-state index is 5.47. The van der Waals surface area contributed by atoms with Gasteiger partial charge in [0, 0.05) is 13.2 Å². The van der Waals surface area contributed by atoms with Crippen molar-refractivity contribution in [1.29, 1.82) is 0 Å². The number of hydrogen-bond acceptors (Lipinski definition) is 2. The van der Waals surface area contributed by atoms with E-state index in [1.165, 1.54) is 19.3 Å².